The normalized spacial score (nSPS) is 12.7. The van der Waals surface area contributed by atoms with Gasteiger partial charge in [-0.2, -0.15) is 5.26 Å². The summed E-state index contributed by atoms with van der Waals surface area (Å²) in [5.74, 6) is -0.914. The second-order valence-corrected chi connectivity index (χ2v) is 7.90. The number of aromatic nitrogens is 1. The van der Waals surface area contributed by atoms with E-state index in [0.29, 0.717) is 6.42 Å². The Morgan fingerprint density at radius 1 is 1.17 bits per heavy atom. The molecule has 0 aliphatic heterocycles. The largest absolute Gasteiger partial charge is 0.455 e. The third-order valence-electron chi connectivity index (χ3n) is 4.60. The van der Waals surface area contributed by atoms with Crippen LogP contribution in [-0.4, -0.2) is 30.0 Å². The summed E-state index contributed by atoms with van der Waals surface area (Å²) >= 11 is 1.55. The molecule has 1 aromatic heterocycles. The van der Waals surface area contributed by atoms with Crippen LogP contribution in [0.4, 0.5) is 0 Å². The Balaban J connectivity index is 1.79. The molecular weight excluding hydrogens is 386 g/mol. The molecule has 0 spiro atoms. The fourth-order valence-electron chi connectivity index (χ4n) is 3.00. The minimum absolute atomic E-state index is 0.207. The zero-order valence-corrected chi connectivity index (χ0v) is 16.9. The lowest BCUT2D eigenvalue weighted by atomic mass is 9.79. The first-order valence-corrected chi connectivity index (χ1v) is 10.1. The van der Waals surface area contributed by atoms with Crippen molar-refractivity contribution in [1.29, 1.82) is 5.26 Å². The van der Waals surface area contributed by atoms with Gasteiger partial charge in [0.15, 0.2) is 6.61 Å². The number of fused-ring (bicyclic) bond motifs is 1. The van der Waals surface area contributed by atoms with Gasteiger partial charge in [-0.25, -0.2) is 4.98 Å². The van der Waals surface area contributed by atoms with Crippen LogP contribution < -0.4 is 5.32 Å². The molecule has 0 radical (unpaired) electrons. The highest BCUT2D eigenvalue weighted by Gasteiger charge is 2.38. The second kappa shape index (κ2) is 9.30. The summed E-state index contributed by atoms with van der Waals surface area (Å²) in [6, 6.07) is 19.2. The number of hydrogen-bond donors (Lipinski definition) is 1. The van der Waals surface area contributed by atoms with Gasteiger partial charge in [-0.15, -0.1) is 11.3 Å². The summed E-state index contributed by atoms with van der Waals surface area (Å²) < 4.78 is 6.40. The number of rotatable bonds is 8. The van der Waals surface area contributed by atoms with Gasteiger partial charge in [-0.3, -0.25) is 9.59 Å². The van der Waals surface area contributed by atoms with Gasteiger partial charge in [0.05, 0.1) is 33.1 Å². The van der Waals surface area contributed by atoms with Crippen LogP contribution in [0.5, 0.6) is 0 Å². The number of esters is 1. The SMILES string of the molecule is C[C@](Cc1nc2ccccc2s1)(C(=O)OCC(=O)NCCC#N)c1ccccc1. The molecular formula is C22H21N3O3S. The minimum Gasteiger partial charge on any atom is -0.455 e. The average Bonchev–Trinajstić information content (AvgIpc) is 3.14. The molecule has 148 valence electrons. The number of benzene rings is 2. The van der Waals surface area contributed by atoms with E-state index in [1.807, 2.05) is 67.6 Å². The van der Waals surface area contributed by atoms with Crippen molar-refractivity contribution in [1.82, 2.24) is 10.3 Å². The standard InChI is InChI=1S/C22H21N3O3S/c1-22(16-8-3-2-4-9-16,21(27)28-15-19(26)24-13-7-12-23)14-20-25-17-10-5-6-11-18(17)29-20/h2-6,8-11H,7,13-15H2,1H3,(H,24,26)/t22-/m1/s1. The van der Waals surface area contributed by atoms with Gasteiger partial charge in [-0.1, -0.05) is 42.5 Å². The van der Waals surface area contributed by atoms with Crippen LogP contribution in [0.2, 0.25) is 0 Å². The first kappa shape index (κ1) is 20.5. The highest BCUT2D eigenvalue weighted by Crippen LogP contribution is 2.33. The number of hydrogen-bond acceptors (Lipinski definition) is 6. The zero-order valence-electron chi connectivity index (χ0n) is 16.1. The van der Waals surface area contributed by atoms with Crippen molar-refractivity contribution < 1.29 is 14.3 Å². The lowest BCUT2D eigenvalue weighted by Crippen LogP contribution is -2.39. The monoisotopic (exact) mass is 407 g/mol. The van der Waals surface area contributed by atoms with Gasteiger partial charge < -0.3 is 10.1 Å². The van der Waals surface area contributed by atoms with Crippen LogP contribution in [0.1, 0.15) is 23.9 Å². The molecule has 0 bridgehead atoms. The number of para-hydroxylation sites is 1. The van der Waals surface area contributed by atoms with E-state index < -0.39 is 17.3 Å². The molecule has 2 aromatic carbocycles. The highest BCUT2D eigenvalue weighted by molar-refractivity contribution is 7.18. The first-order valence-electron chi connectivity index (χ1n) is 9.24. The highest BCUT2D eigenvalue weighted by atomic mass is 32.1. The van der Waals surface area contributed by atoms with E-state index >= 15 is 0 Å². The number of nitrogens with one attached hydrogen (secondary N) is 1. The number of nitriles is 1. The van der Waals surface area contributed by atoms with Gasteiger partial charge in [-0.05, 0) is 24.6 Å². The number of carbonyl (C=O) groups excluding carboxylic acids is 2. The Morgan fingerprint density at radius 2 is 1.90 bits per heavy atom. The molecule has 1 heterocycles. The molecule has 3 rings (SSSR count). The Morgan fingerprint density at radius 3 is 2.62 bits per heavy atom. The third-order valence-corrected chi connectivity index (χ3v) is 5.63. The molecule has 6 nitrogen and oxygen atoms in total. The van der Waals surface area contributed by atoms with Crippen LogP contribution in [-0.2, 0) is 26.2 Å². The van der Waals surface area contributed by atoms with Crippen molar-refractivity contribution in [2.75, 3.05) is 13.2 Å². The van der Waals surface area contributed by atoms with Gasteiger partial charge in [0.1, 0.15) is 0 Å². The van der Waals surface area contributed by atoms with Gasteiger partial charge in [0, 0.05) is 13.0 Å². The van der Waals surface area contributed by atoms with Gasteiger partial charge in [0.25, 0.3) is 5.91 Å². The molecule has 0 fully saturated rings. The number of ether oxygens (including phenoxy) is 1. The summed E-state index contributed by atoms with van der Waals surface area (Å²) in [4.78, 5) is 29.5. The maximum Gasteiger partial charge on any atom is 0.317 e. The van der Waals surface area contributed by atoms with Crippen molar-refractivity contribution in [3.8, 4) is 6.07 Å². The van der Waals surface area contributed by atoms with Crippen LogP contribution in [0, 0.1) is 11.3 Å². The summed E-state index contributed by atoms with van der Waals surface area (Å²) in [7, 11) is 0. The number of thiazole rings is 1. The molecule has 1 amide bonds. The molecule has 7 heteroatoms. The smallest absolute Gasteiger partial charge is 0.317 e. The average molecular weight is 407 g/mol. The zero-order chi connectivity index (χ0) is 20.7. The van der Waals surface area contributed by atoms with Crippen molar-refractivity contribution in [2.45, 2.75) is 25.2 Å². The summed E-state index contributed by atoms with van der Waals surface area (Å²) in [5, 5.41) is 11.9. The lowest BCUT2D eigenvalue weighted by molar-refractivity contribution is -0.154. The number of carbonyl (C=O) groups is 2. The quantitative estimate of drug-likeness (QED) is 0.457. The Bertz CT molecular complexity index is 1010. The number of amides is 1. The summed E-state index contributed by atoms with van der Waals surface area (Å²) in [5.41, 5.74) is 0.713. The van der Waals surface area contributed by atoms with E-state index in [1.54, 1.807) is 11.3 Å². The first-order chi connectivity index (χ1) is 14.0. The van der Waals surface area contributed by atoms with Crippen LogP contribution in [0.25, 0.3) is 10.2 Å². The van der Waals surface area contributed by atoms with Crippen molar-refractivity contribution >= 4 is 33.4 Å². The van der Waals surface area contributed by atoms with Crippen LogP contribution >= 0.6 is 11.3 Å². The summed E-state index contributed by atoms with van der Waals surface area (Å²) in [6.07, 6.45) is 0.574. The molecule has 0 unspecified atom stereocenters. The third kappa shape index (κ3) is 4.98. The maximum absolute atomic E-state index is 13.0. The fourth-order valence-corrected chi connectivity index (χ4v) is 4.12. The van der Waals surface area contributed by atoms with Crippen LogP contribution in [0.15, 0.2) is 54.6 Å². The molecule has 0 saturated heterocycles. The van der Waals surface area contributed by atoms with E-state index in [-0.39, 0.29) is 19.6 Å². The molecule has 3 aromatic rings. The van der Waals surface area contributed by atoms with Crippen molar-refractivity contribution in [2.24, 2.45) is 0 Å². The maximum atomic E-state index is 13.0. The Kier molecular flexibility index (Phi) is 6.57. The predicted octanol–water partition coefficient (Wildman–Crippen LogP) is 3.37. The Hall–Kier alpha value is -3.24. The second-order valence-electron chi connectivity index (χ2n) is 6.78. The van der Waals surface area contributed by atoms with Crippen molar-refractivity contribution in [3.05, 3.63) is 65.2 Å². The molecule has 0 saturated carbocycles. The molecule has 0 aliphatic carbocycles. The van der Waals surface area contributed by atoms with E-state index in [1.165, 1.54) is 0 Å². The Labute approximate surface area is 173 Å². The molecule has 1 atom stereocenters. The van der Waals surface area contributed by atoms with E-state index in [0.717, 1.165) is 20.8 Å². The molecule has 1 N–H and O–H groups in total. The molecule has 0 aliphatic rings. The van der Waals surface area contributed by atoms with Crippen LogP contribution in [0.3, 0.4) is 0 Å². The van der Waals surface area contributed by atoms with E-state index in [2.05, 4.69) is 10.3 Å². The predicted molar refractivity (Wildman–Crippen MR) is 111 cm³/mol. The fraction of sp³-hybridized carbons (Fsp3) is 0.273. The van der Waals surface area contributed by atoms with E-state index in [4.69, 9.17) is 10.00 Å². The van der Waals surface area contributed by atoms with Crippen molar-refractivity contribution in [3.63, 3.8) is 0 Å². The topological polar surface area (TPSA) is 92.1 Å². The number of nitrogens with zero attached hydrogens (tertiary/aromatic N) is 2. The molecule has 29 heavy (non-hydrogen) atoms. The lowest BCUT2D eigenvalue weighted by Gasteiger charge is -2.27. The summed E-state index contributed by atoms with van der Waals surface area (Å²) in [6.45, 7) is 1.66. The van der Waals surface area contributed by atoms with E-state index in [9.17, 15) is 9.59 Å². The van der Waals surface area contributed by atoms with Gasteiger partial charge in [0.2, 0.25) is 0 Å². The van der Waals surface area contributed by atoms with Gasteiger partial charge >= 0.3 is 5.97 Å². The minimum atomic E-state index is -0.984.